The summed E-state index contributed by atoms with van der Waals surface area (Å²) >= 11 is 0. The highest BCUT2D eigenvalue weighted by molar-refractivity contribution is 5.92. The number of amides is 2. The monoisotopic (exact) mass is 410 g/mol. The van der Waals surface area contributed by atoms with E-state index < -0.39 is 24.0 Å². The van der Waals surface area contributed by atoms with Crippen LogP contribution in [0.4, 0.5) is 0 Å². The highest BCUT2D eigenvalue weighted by Crippen LogP contribution is 2.34. The zero-order chi connectivity index (χ0) is 21.4. The van der Waals surface area contributed by atoms with Gasteiger partial charge in [0.25, 0.3) is 0 Å². The summed E-state index contributed by atoms with van der Waals surface area (Å²) in [6.45, 7) is 4.42. The van der Waals surface area contributed by atoms with Crippen LogP contribution >= 0.6 is 0 Å². The van der Waals surface area contributed by atoms with Crippen molar-refractivity contribution in [1.29, 1.82) is 0 Å². The number of carbonyl (C=O) groups is 3. The minimum absolute atomic E-state index is 0.0348. The van der Waals surface area contributed by atoms with Gasteiger partial charge in [0.05, 0.1) is 24.3 Å². The Morgan fingerprint density at radius 2 is 2.00 bits per heavy atom. The van der Waals surface area contributed by atoms with Crippen molar-refractivity contribution in [3.05, 3.63) is 53.1 Å². The van der Waals surface area contributed by atoms with Gasteiger partial charge in [-0.2, -0.15) is 0 Å². The third kappa shape index (κ3) is 3.94. The number of aryl methyl sites for hydroxylation is 1. The maximum Gasteiger partial charge on any atom is 0.325 e. The zero-order valence-electron chi connectivity index (χ0n) is 17.2. The van der Waals surface area contributed by atoms with Gasteiger partial charge in [-0.15, -0.1) is 0 Å². The lowest BCUT2D eigenvalue weighted by Gasteiger charge is -2.35. The molecule has 2 aromatic rings. The Morgan fingerprint density at radius 1 is 1.27 bits per heavy atom. The maximum atomic E-state index is 13.0. The van der Waals surface area contributed by atoms with Crippen molar-refractivity contribution in [3.63, 3.8) is 0 Å². The van der Waals surface area contributed by atoms with Crippen LogP contribution in [0.2, 0.25) is 0 Å². The minimum Gasteiger partial charge on any atom is -0.480 e. The first kappa shape index (κ1) is 20.1. The summed E-state index contributed by atoms with van der Waals surface area (Å²) in [5.41, 5.74) is 4.07. The number of carbonyl (C=O) groups excluding carboxylic acids is 2. The van der Waals surface area contributed by atoms with Gasteiger partial charge in [-0.05, 0) is 37.8 Å². The van der Waals surface area contributed by atoms with Gasteiger partial charge in [0.15, 0.2) is 0 Å². The summed E-state index contributed by atoms with van der Waals surface area (Å²) in [5, 5.41) is 11.6. The predicted molar refractivity (Wildman–Crippen MR) is 109 cm³/mol. The third-order valence-electron chi connectivity index (χ3n) is 5.96. The van der Waals surface area contributed by atoms with Crippen LogP contribution in [0.15, 0.2) is 30.6 Å². The minimum atomic E-state index is -1.11. The molecule has 4 rings (SSSR count). The molecule has 0 spiro atoms. The molecular weight excluding hydrogens is 384 g/mol. The molecule has 158 valence electrons. The van der Waals surface area contributed by atoms with Crippen molar-refractivity contribution in [1.82, 2.24) is 19.8 Å². The number of aliphatic carboxylic acids is 1. The van der Waals surface area contributed by atoms with Gasteiger partial charge < -0.3 is 19.9 Å². The second-order valence-corrected chi connectivity index (χ2v) is 8.22. The molecule has 30 heavy (non-hydrogen) atoms. The van der Waals surface area contributed by atoms with E-state index in [0.717, 1.165) is 24.2 Å². The SMILES string of the molecule is Cc1ccccc1Cn1cnc2c1CN(C(=O)C1CC1)C(C(=O)NC(C)C(=O)O)C2. The molecule has 0 bridgehead atoms. The maximum absolute atomic E-state index is 13.0. The van der Waals surface area contributed by atoms with E-state index in [2.05, 4.69) is 29.4 Å². The Morgan fingerprint density at radius 3 is 2.67 bits per heavy atom. The van der Waals surface area contributed by atoms with Crippen molar-refractivity contribution < 1.29 is 19.5 Å². The number of nitrogens with zero attached hydrogens (tertiary/aromatic N) is 3. The summed E-state index contributed by atoms with van der Waals surface area (Å²) in [4.78, 5) is 43.0. The fraction of sp³-hybridized carbons (Fsp3) is 0.455. The summed E-state index contributed by atoms with van der Waals surface area (Å²) < 4.78 is 2.04. The lowest BCUT2D eigenvalue weighted by molar-refractivity contribution is -0.145. The van der Waals surface area contributed by atoms with Gasteiger partial charge >= 0.3 is 5.97 Å². The number of hydrogen-bond donors (Lipinski definition) is 2. The number of carboxylic acids is 1. The largest absolute Gasteiger partial charge is 0.480 e. The molecule has 2 unspecified atom stereocenters. The molecule has 1 fully saturated rings. The molecule has 0 radical (unpaired) electrons. The molecule has 1 aliphatic carbocycles. The number of hydrogen-bond acceptors (Lipinski definition) is 4. The van der Waals surface area contributed by atoms with E-state index in [1.54, 1.807) is 11.2 Å². The molecule has 0 saturated heterocycles. The van der Waals surface area contributed by atoms with Crippen molar-refractivity contribution in [3.8, 4) is 0 Å². The molecule has 1 aromatic heterocycles. The van der Waals surface area contributed by atoms with Gasteiger partial charge in [-0.25, -0.2) is 4.98 Å². The third-order valence-corrected chi connectivity index (χ3v) is 5.96. The number of rotatable bonds is 6. The first-order valence-corrected chi connectivity index (χ1v) is 10.3. The fourth-order valence-corrected chi connectivity index (χ4v) is 3.88. The highest BCUT2D eigenvalue weighted by atomic mass is 16.4. The van der Waals surface area contributed by atoms with Crippen LogP contribution in [0, 0.1) is 12.8 Å². The Hall–Kier alpha value is -3.16. The average Bonchev–Trinajstić information content (AvgIpc) is 3.50. The Kier molecular flexibility index (Phi) is 5.32. The average molecular weight is 410 g/mol. The first-order valence-electron chi connectivity index (χ1n) is 10.3. The normalized spacial score (nSPS) is 19.1. The van der Waals surface area contributed by atoms with Gasteiger partial charge in [-0.3, -0.25) is 14.4 Å². The van der Waals surface area contributed by atoms with Gasteiger partial charge in [0.2, 0.25) is 11.8 Å². The van der Waals surface area contributed by atoms with Crippen molar-refractivity contribution >= 4 is 17.8 Å². The molecule has 8 heteroatoms. The molecular formula is C22H26N4O4. The molecule has 1 aromatic carbocycles. The quantitative estimate of drug-likeness (QED) is 0.751. The van der Waals surface area contributed by atoms with E-state index >= 15 is 0 Å². The van der Waals surface area contributed by atoms with E-state index in [9.17, 15) is 14.4 Å². The lowest BCUT2D eigenvalue weighted by atomic mass is 10.00. The summed E-state index contributed by atoms with van der Waals surface area (Å²) in [7, 11) is 0. The molecule has 2 N–H and O–H groups in total. The van der Waals surface area contributed by atoms with Crippen molar-refractivity contribution in [2.45, 2.75) is 58.3 Å². The van der Waals surface area contributed by atoms with Crippen LogP contribution in [-0.4, -0.2) is 49.4 Å². The first-order chi connectivity index (χ1) is 14.3. The van der Waals surface area contributed by atoms with Gasteiger partial charge in [0.1, 0.15) is 12.1 Å². The fourth-order valence-electron chi connectivity index (χ4n) is 3.88. The Bertz CT molecular complexity index is 995. The van der Waals surface area contributed by atoms with Crippen LogP contribution in [0.25, 0.3) is 0 Å². The van der Waals surface area contributed by atoms with Crippen LogP contribution in [0.5, 0.6) is 0 Å². The van der Waals surface area contributed by atoms with Crippen LogP contribution in [-0.2, 0) is 33.9 Å². The van der Waals surface area contributed by atoms with E-state index in [-0.39, 0.29) is 18.2 Å². The van der Waals surface area contributed by atoms with Crippen molar-refractivity contribution in [2.75, 3.05) is 0 Å². The molecule has 2 atom stereocenters. The second-order valence-electron chi connectivity index (χ2n) is 8.22. The van der Waals surface area contributed by atoms with E-state index in [1.807, 2.05) is 16.7 Å². The molecule has 2 heterocycles. The molecule has 2 aliphatic rings. The Labute approximate surface area is 174 Å². The van der Waals surface area contributed by atoms with Gasteiger partial charge in [-0.1, -0.05) is 24.3 Å². The summed E-state index contributed by atoms with van der Waals surface area (Å²) in [6.07, 6.45) is 3.72. The smallest absolute Gasteiger partial charge is 0.325 e. The van der Waals surface area contributed by atoms with Gasteiger partial charge in [0, 0.05) is 18.9 Å². The molecule has 2 amide bonds. The molecule has 8 nitrogen and oxygen atoms in total. The second kappa shape index (κ2) is 7.93. The van der Waals surface area contributed by atoms with Crippen LogP contribution < -0.4 is 5.32 Å². The number of imidazole rings is 1. The number of aromatic nitrogens is 2. The number of benzene rings is 1. The lowest BCUT2D eigenvalue weighted by Crippen LogP contribution is -2.55. The van der Waals surface area contributed by atoms with E-state index in [0.29, 0.717) is 13.1 Å². The number of fused-ring (bicyclic) bond motifs is 1. The number of nitrogens with one attached hydrogen (secondary N) is 1. The summed E-state index contributed by atoms with van der Waals surface area (Å²) in [6, 6.07) is 6.37. The number of carboxylic acid groups (broad SMARTS) is 1. The highest BCUT2D eigenvalue weighted by Gasteiger charge is 2.42. The zero-order valence-corrected chi connectivity index (χ0v) is 17.2. The van der Waals surface area contributed by atoms with Crippen molar-refractivity contribution in [2.24, 2.45) is 5.92 Å². The van der Waals surface area contributed by atoms with Crippen LogP contribution in [0.3, 0.4) is 0 Å². The molecule has 1 saturated carbocycles. The topological polar surface area (TPSA) is 105 Å². The predicted octanol–water partition coefficient (Wildman–Crippen LogP) is 1.49. The Balaban J connectivity index is 1.60. The van der Waals surface area contributed by atoms with Crippen LogP contribution in [0.1, 0.15) is 42.3 Å². The summed E-state index contributed by atoms with van der Waals surface area (Å²) in [5.74, 6) is -1.63. The van der Waals surface area contributed by atoms with E-state index in [1.165, 1.54) is 18.1 Å². The standard InChI is InChI=1S/C22H26N4O4/c1-13-5-3-4-6-16(13)10-25-12-23-17-9-18(20(27)24-14(2)22(29)30)26(11-19(17)25)21(28)15-7-8-15/h3-6,12,14-15,18H,7-11H2,1-2H3,(H,24,27)(H,29,30). The molecule has 1 aliphatic heterocycles. The van der Waals surface area contributed by atoms with E-state index in [4.69, 9.17) is 5.11 Å².